The Morgan fingerprint density at radius 2 is 2.21 bits per heavy atom. The van der Waals surface area contributed by atoms with Crippen LogP contribution in [0.2, 0.25) is 0 Å². The highest BCUT2D eigenvalue weighted by atomic mass is 79.9. The van der Waals surface area contributed by atoms with Crippen LogP contribution in [0.25, 0.3) is 0 Å². The summed E-state index contributed by atoms with van der Waals surface area (Å²) in [5.41, 5.74) is 2.80. The summed E-state index contributed by atoms with van der Waals surface area (Å²) in [5.74, 6) is 0.722. The summed E-state index contributed by atoms with van der Waals surface area (Å²) in [5, 5.41) is 3.53. The molecule has 0 spiro atoms. The van der Waals surface area contributed by atoms with E-state index >= 15 is 0 Å². The number of rotatable bonds is 4. The van der Waals surface area contributed by atoms with E-state index in [0.29, 0.717) is 6.04 Å². The van der Waals surface area contributed by atoms with E-state index < -0.39 is 0 Å². The number of piperidine rings is 1. The zero-order chi connectivity index (χ0) is 13.8. The third-order valence-corrected chi connectivity index (χ3v) is 5.08. The summed E-state index contributed by atoms with van der Waals surface area (Å²) >= 11 is 3.60. The maximum Gasteiger partial charge on any atom is 0.0385 e. The summed E-state index contributed by atoms with van der Waals surface area (Å²) in [6.07, 6.45) is 2.65. The van der Waals surface area contributed by atoms with Crippen LogP contribution in [0.1, 0.15) is 36.9 Å². The Morgan fingerprint density at radius 1 is 1.42 bits per heavy atom. The monoisotopic (exact) mass is 324 g/mol. The van der Waals surface area contributed by atoms with Crippen LogP contribution < -0.4 is 5.32 Å². The first-order valence-electron chi connectivity index (χ1n) is 7.30. The lowest BCUT2D eigenvalue weighted by Crippen LogP contribution is -2.40. The smallest absolute Gasteiger partial charge is 0.0385 e. The van der Waals surface area contributed by atoms with Gasteiger partial charge in [0.25, 0.3) is 0 Å². The van der Waals surface area contributed by atoms with E-state index in [0.717, 1.165) is 19.0 Å². The Bertz CT molecular complexity index is 419. The van der Waals surface area contributed by atoms with E-state index in [1.54, 1.807) is 0 Å². The first-order chi connectivity index (χ1) is 9.13. The molecule has 2 nitrogen and oxygen atoms in total. The van der Waals surface area contributed by atoms with Crippen molar-refractivity contribution in [3.05, 3.63) is 33.8 Å². The van der Waals surface area contributed by atoms with Crippen molar-refractivity contribution >= 4 is 15.9 Å². The number of hydrogen-bond donors (Lipinski definition) is 1. The normalized spacial score (nSPS) is 24.6. The average Bonchev–Trinajstić information content (AvgIpc) is 2.40. The van der Waals surface area contributed by atoms with Gasteiger partial charge in [-0.15, -0.1) is 0 Å². The van der Waals surface area contributed by atoms with Crippen LogP contribution in [0.4, 0.5) is 0 Å². The van der Waals surface area contributed by atoms with Crippen LogP contribution in [-0.2, 0) is 0 Å². The Kier molecular flexibility index (Phi) is 5.43. The molecule has 3 heteroatoms. The van der Waals surface area contributed by atoms with E-state index in [-0.39, 0.29) is 0 Å². The van der Waals surface area contributed by atoms with Gasteiger partial charge < -0.3 is 5.32 Å². The zero-order valence-electron chi connectivity index (χ0n) is 12.2. The van der Waals surface area contributed by atoms with Gasteiger partial charge in [-0.1, -0.05) is 35.0 Å². The van der Waals surface area contributed by atoms with E-state index in [1.165, 1.54) is 35.0 Å². The van der Waals surface area contributed by atoms with Gasteiger partial charge in [-0.05, 0) is 69.6 Å². The Morgan fingerprint density at radius 3 is 2.89 bits per heavy atom. The van der Waals surface area contributed by atoms with Crippen LogP contribution in [0.5, 0.6) is 0 Å². The largest absolute Gasteiger partial charge is 0.317 e. The molecule has 0 saturated carbocycles. The van der Waals surface area contributed by atoms with Crippen LogP contribution in [0, 0.1) is 12.8 Å². The molecule has 1 fully saturated rings. The minimum Gasteiger partial charge on any atom is -0.317 e. The first kappa shape index (κ1) is 15.0. The van der Waals surface area contributed by atoms with E-state index in [4.69, 9.17) is 0 Å². The second kappa shape index (κ2) is 6.87. The molecule has 1 heterocycles. The molecule has 1 N–H and O–H groups in total. The molecule has 0 aliphatic carbocycles. The number of likely N-dealkylation sites (tertiary alicyclic amines) is 1. The van der Waals surface area contributed by atoms with Crippen molar-refractivity contribution in [1.29, 1.82) is 0 Å². The summed E-state index contributed by atoms with van der Waals surface area (Å²) in [6.45, 7) is 7.76. The maximum absolute atomic E-state index is 3.60. The fourth-order valence-electron chi connectivity index (χ4n) is 3.18. The fraction of sp³-hybridized carbons (Fsp3) is 0.625. The highest BCUT2D eigenvalue weighted by molar-refractivity contribution is 9.10. The average molecular weight is 325 g/mol. The Hall–Kier alpha value is -0.380. The maximum atomic E-state index is 3.60. The third kappa shape index (κ3) is 3.59. The highest BCUT2D eigenvalue weighted by Gasteiger charge is 2.30. The molecule has 0 amide bonds. The number of hydrogen-bond acceptors (Lipinski definition) is 2. The topological polar surface area (TPSA) is 15.3 Å². The summed E-state index contributed by atoms with van der Waals surface area (Å²) in [4.78, 5) is 2.52. The predicted octanol–water partition coefficient (Wildman–Crippen LogP) is 3.75. The SMILES string of the molecule is CCNCC1CCCN(C)C1c1ccc(Br)c(C)c1. The minimum atomic E-state index is 0.555. The molecule has 2 rings (SSSR count). The van der Waals surface area contributed by atoms with Gasteiger partial charge in [0.1, 0.15) is 0 Å². The molecule has 2 unspecified atom stereocenters. The van der Waals surface area contributed by atoms with Crippen LogP contribution in [-0.4, -0.2) is 31.6 Å². The quantitative estimate of drug-likeness (QED) is 0.907. The molecule has 1 aromatic carbocycles. The standard InChI is InChI=1S/C16H25BrN2/c1-4-18-11-14-6-5-9-19(3)16(14)13-7-8-15(17)12(2)10-13/h7-8,10,14,16,18H,4-6,9,11H2,1-3H3. The predicted molar refractivity (Wildman–Crippen MR) is 85.5 cm³/mol. The Balaban J connectivity index is 2.22. The summed E-state index contributed by atoms with van der Waals surface area (Å²) in [6, 6.07) is 7.37. The van der Waals surface area contributed by atoms with Crippen LogP contribution in [0.15, 0.2) is 22.7 Å². The summed E-state index contributed by atoms with van der Waals surface area (Å²) < 4.78 is 1.21. The van der Waals surface area contributed by atoms with Crippen molar-refractivity contribution in [2.24, 2.45) is 5.92 Å². The molecule has 0 radical (unpaired) electrons. The van der Waals surface area contributed by atoms with E-state index in [9.17, 15) is 0 Å². The fourth-order valence-corrected chi connectivity index (χ4v) is 3.43. The van der Waals surface area contributed by atoms with Crippen molar-refractivity contribution in [2.45, 2.75) is 32.7 Å². The molecular weight excluding hydrogens is 300 g/mol. The highest BCUT2D eigenvalue weighted by Crippen LogP contribution is 2.35. The molecule has 106 valence electrons. The van der Waals surface area contributed by atoms with E-state index in [2.05, 4.69) is 65.2 Å². The molecule has 2 atom stereocenters. The number of nitrogens with one attached hydrogen (secondary N) is 1. The summed E-state index contributed by atoms with van der Waals surface area (Å²) in [7, 11) is 2.26. The van der Waals surface area contributed by atoms with Gasteiger partial charge in [0.05, 0.1) is 0 Å². The molecule has 0 aromatic heterocycles. The molecule has 1 aromatic rings. The van der Waals surface area contributed by atoms with Gasteiger partial charge in [-0.2, -0.15) is 0 Å². The number of nitrogens with zero attached hydrogens (tertiary/aromatic N) is 1. The van der Waals surface area contributed by atoms with Gasteiger partial charge in [0.2, 0.25) is 0 Å². The molecule has 1 saturated heterocycles. The third-order valence-electron chi connectivity index (χ3n) is 4.19. The van der Waals surface area contributed by atoms with Crippen molar-refractivity contribution in [1.82, 2.24) is 10.2 Å². The second-order valence-corrected chi connectivity index (χ2v) is 6.50. The molecule has 19 heavy (non-hydrogen) atoms. The number of aryl methyl sites for hydroxylation is 1. The van der Waals surface area contributed by atoms with Gasteiger partial charge >= 0.3 is 0 Å². The number of halogens is 1. The first-order valence-corrected chi connectivity index (χ1v) is 8.09. The van der Waals surface area contributed by atoms with Crippen molar-refractivity contribution in [3.63, 3.8) is 0 Å². The lowest BCUT2D eigenvalue weighted by atomic mass is 9.84. The van der Waals surface area contributed by atoms with Crippen molar-refractivity contribution in [2.75, 3.05) is 26.7 Å². The van der Waals surface area contributed by atoms with E-state index in [1.807, 2.05) is 0 Å². The van der Waals surface area contributed by atoms with Crippen LogP contribution in [0.3, 0.4) is 0 Å². The zero-order valence-corrected chi connectivity index (χ0v) is 13.8. The van der Waals surface area contributed by atoms with Gasteiger partial charge in [-0.3, -0.25) is 4.90 Å². The lowest BCUT2D eigenvalue weighted by Gasteiger charge is -2.40. The second-order valence-electron chi connectivity index (χ2n) is 5.64. The van der Waals surface area contributed by atoms with Gasteiger partial charge in [-0.25, -0.2) is 0 Å². The van der Waals surface area contributed by atoms with Gasteiger partial charge in [0.15, 0.2) is 0 Å². The van der Waals surface area contributed by atoms with Crippen molar-refractivity contribution in [3.8, 4) is 0 Å². The number of benzene rings is 1. The van der Waals surface area contributed by atoms with Crippen LogP contribution >= 0.6 is 15.9 Å². The Labute approximate surface area is 125 Å². The molecule has 1 aliphatic rings. The molecule has 0 bridgehead atoms. The molecule has 1 aliphatic heterocycles. The molecular formula is C16H25BrN2. The van der Waals surface area contributed by atoms with Gasteiger partial charge in [0, 0.05) is 10.5 Å². The van der Waals surface area contributed by atoms with Crippen molar-refractivity contribution < 1.29 is 0 Å². The lowest BCUT2D eigenvalue weighted by molar-refractivity contribution is 0.120. The minimum absolute atomic E-state index is 0.555.